The van der Waals surface area contributed by atoms with E-state index in [1.165, 1.54) is 21.1 Å². The van der Waals surface area contributed by atoms with Gasteiger partial charge in [0.25, 0.3) is 15.6 Å². The molecule has 0 aliphatic carbocycles. The third-order valence-corrected chi connectivity index (χ3v) is 9.44. The quantitative estimate of drug-likeness (QED) is 0.439. The lowest BCUT2D eigenvalue weighted by atomic mass is 10.4. The molecule has 2 aromatic heterocycles. The zero-order valence-corrected chi connectivity index (χ0v) is 19.6. The molecule has 0 saturated carbocycles. The van der Waals surface area contributed by atoms with Crippen LogP contribution < -0.4 is 11.2 Å². The van der Waals surface area contributed by atoms with Crippen LogP contribution in [0.15, 0.2) is 43.9 Å². The van der Waals surface area contributed by atoms with Gasteiger partial charge in [-0.3, -0.25) is 13.9 Å². The van der Waals surface area contributed by atoms with Crippen molar-refractivity contribution in [1.29, 1.82) is 0 Å². The maximum absolute atomic E-state index is 13.3. The van der Waals surface area contributed by atoms with Crippen molar-refractivity contribution in [3.05, 3.63) is 50.9 Å². The Morgan fingerprint density at radius 2 is 1.30 bits per heavy atom. The van der Waals surface area contributed by atoms with Crippen LogP contribution in [-0.2, 0) is 41.2 Å². The molecule has 0 N–H and O–H groups in total. The minimum Gasteiger partial charge on any atom is -0.311 e. The average molecular weight is 501 g/mol. The first-order valence-corrected chi connectivity index (χ1v) is 12.6. The van der Waals surface area contributed by atoms with Gasteiger partial charge in [0.15, 0.2) is 11.2 Å². The summed E-state index contributed by atoms with van der Waals surface area (Å²) >= 11 is 0. The summed E-state index contributed by atoms with van der Waals surface area (Å²) in [5, 5.41) is -0.425. The van der Waals surface area contributed by atoms with E-state index in [0.717, 1.165) is 46.6 Å². The Bertz CT molecular complexity index is 1580. The van der Waals surface area contributed by atoms with Crippen LogP contribution in [0, 0.1) is 5.82 Å². The molecular formula is C18H21FN6O6S2. The van der Waals surface area contributed by atoms with Crippen LogP contribution in [0.2, 0.25) is 0 Å². The minimum absolute atomic E-state index is 0.0456. The van der Waals surface area contributed by atoms with Gasteiger partial charge < -0.3 is 4.57 Å². The fraction of sp³-hybridized carbons (Fsp3) is 0.389. The summed E-state index contributed by atoms with van der Waals surface area (Å²) in [6, 6.07) is 4.38. The highest BCUT2D eigenvalue weighted by atomic mass is 32.2. The number of rotatable bonds is 4. The predicted octanol–water partition coefficient (Wildman–Crippen LogP) is -1.19. The summed E-state index contributed by atoms with van der Waals surface area (Å²) in [5.74, 6) is -0.570. The van der Waals surface area contributed by atoms with Crippen molar-refractivity contribution in [1.82, 2.24) is 27.3 Å². The van der Waals surface area contributed by atoms with E-state index in [9.17, 15) is 30.8 Å². The Morgan fingerprint density at radius 3 is 1.85 bits per heavy atom. The highest BCUT2D eigenvalue weighted by Gasteiger charge is 2.36. The lowest BCUT2D eigenvalue weighted by Gasteiger charge is -2.32. The van der Waals surface area contributed by atoms with Crippen molar-refractivity contribution in [2.75, 3.05) is 26.2 Å². The third-order valence-electron chi connectivity index (χ3n) is 5.65. The van der Waals surface area contributed by atoms with Crippen molar-refractivity contribution in [2.24, 2.45) is 21.1 Å². The molecule has 0 amide bonds. The molecule has 0 unspecified atom stereocenters. The van der Waals surface area contributed by atoms with E-state index in [-0.39, 0.29) is 42.2 Å². The normalized spacial score (nSPS) is 16.5. The molecule has 0 spiro atoms. The molecule has 1 aromatic carbocycles. The monoisotopic (exact) mass is 500 g/mol. The lowest BCUT2D eigenvalue weighted by molar-refractivity contribution is 0.271. The van der Waals surface area contributed by atoms with E-state index in [0.29, 0.717) is 0 Å². The van der Waals surface area contributed by atoms with E-state index in [1.807, 2.05) is 0 Å². The Morgan fingerprint density at radius 1 is 0.788 bits per heavy atom. The number of piperazine rings is 1. The fourth-order valence-electron chi connectivity index (χ4n) is 3.75. The van der Waals surface area contributed by atoms with Crippen LogP contribution in [0.25, 0.3) is 11.2 Å². The average Bonchev–Trinajstić information content (AvgIpc) is 3.14. The van der Waals surface area contributed by atoms with E-state index in [4.69, 9.17) is 0 Å². The van der Waals surface area contributed by atoms with Gasteiger partial charge in [-0.1, -0.05) is 0 Å². The number of sulfonamides is 2. The Balaban J connectivity index is 1.65. The maximum Gasteiger partial charge on any atom is 0.332 e. The summed E-state index contributed by atoms with van der Waals surface area (Å²) in [6.07, 6.45) is 0. The first-order chi connectivity index (χ1) is 15.4. The van der Waals surface area contributed by atoms with Gasteiger partial charge in [-0.05, 0) is 24.3 Å². The van der Waals surface area contributed by atoms with Crippen molar-refractivity contribution in [2.45, 2.75) is 10.1 Å². The van der Waals surface area contributed by atoms with Gasteiger partial charge in [0.2, 0.25) is 15.2 Å². The number of hydrogen-bond acceptors (Lipinski definition) is 7. The first-order valence-electron chi connectivity index (χ1n) is 9.75. The third kappa shape index (κ3) is 3.60. The number of imidazole rings is 1. The molecule has 1 saturated heterocycles. The lowest BCUT2D eigenvalue weighted by Crippen LogP contribution is -2.50. The van der Waals surface area contributed by atoms with Gasteiger partial charge in [0.1, 0.15) is 5.82 Å². The number of halogens is 1. The smallest absolute Gasteiger partial charge is 0.311 e. The summed E-state index contributed by atoms with van der Waals surface area (Å²) in [6.45, 7) is -0.544. The Kier molecular flexibility index (Phi) is 5.55. The molecule has 3 aromatic rings. The van der Waals surface area contributed by atoms with Gasteiger partial charge in [-0.25, -0.2) is 26.0 Å². The van der Waals surface area contributed by atoms with Crippen LogP contribution in [0.1, 0.15) is 0 Å². The summed E-state index contributed by atoms with van der Waals surface area (Å²) in [5.41, 5.74) is -1.44. The summed E-state index contributed by atoms with van der Waals surface area (Å²) in [4.78, 5) is 28.7. The van der Waals surface area contributed by atoms with Gasteiger partial charge in [-0.15, -0.1) is 0 Å². The molecule has 1 aliphatic heterocycles. The summed E-state index contributed by atoms with van der Waals surface area (Å²) in [7, 11) is -4.09. The zero-order chi connectivity index (χ0) is 24.3. The zero-order valence-electron chi connectivity index (χ0n) is 18.0. The van der Waals surface area contributed by atoms with Crippen LogP contribution in [0.4, 0.5) is 4.39 Å². The van der Waals surface area contributed by atoms with E-state index in [2.05, 4.69) is 4.98 Å². The van der Waals surface area contributed by atoms with E-state index >= 15 is 0 Å². The molecule has 15 heteroatoms. The van der Waals surface area contributed by atoms with Gasteiger partial charge in [-0.2, -0.15) is 13.6 Å². The minimum atomic E-state index is -4.20. The van der Waals surface area contributed by atoms with E-state index < -0.39 is 42.3 Å². The molecule has 1 aliphatic rings. The second kappa shape index (κ2) is 7.86. The molecule has 178 valence electrons. The number of aromatic nitrogens is 4. The second-order valence-corrected chi connectivity index (χ2v) is 11.4. The SMILES string of the molecule is Cn1c(=O)c2c(nc(S(=O)(=O)N3CCN(S(=O)(=O)c4ccc(F)cc4)CC3)n2C)n(C)c1=O. The summed E-state index contributed by atoms with van der Waals surface area (Å²) < 4.78 is 70.5. The molecule has 0 atom stereocenters. The maximum atomic E-state index is 13.3. The van der Waals surface area contributed by atoms with Gasteiger partial charge in [0.05, 0.1) is 4.90 Å². The standard InChI is InChI=1S/C18H21FN6O6S2/c1-21-14-15(22(2)18(27)23(3)16(14)26)20-17(21)33(30,31)25-10-8-24(9-11-25)32(28,29)13-6-4-12(19)5-7-13/h4-7H,8-11H2,1-3H3. The van der Waals surface area contributed by atoms with Gasteiger partial charge >= 0.3 is 5.69 Å². The van der Waals surface area contributed by atoms with Gasteiger partial charge in [0, 0.05) is 47.3 Å². The molecule has 3 heterocycles. The number of fused-ring (bicyclic) bond motifs is 1. The van der Waals surface area contributed by atoms with Crippen LogP contribution in [0.3, 0.4) is 0 Å². The van der Waals surface area contributed by atoms with Crippen molar-refractivity contribution in [3.63, 3.8) is 0 Å². The van der Waals surface area contributed by atoms with Crippen LogP contribution in [0.5, 0.6) is 0 Å². The molecule has 1 fully saturated rings. The molecular weight excluding hydrogens is 479 g/mol. The first kappa shape index (κ1) is 23.3. The molecule has 4 rings (SSSR count). The highest BCUT2D eigenvalue weighted by Crippen LogP contribution is 2.23. The molecule has 12 nitrogen and oxygen atoms in total. The number of hydrogen-bond donors (Lipinski definition) is 0. The number of aryl methyl sites for hydroxylation is 2. The van der Waals surface area contributed by atoms with Crippen LogP contribution >= 0.6 is 0 Å². The number of nitrogens with zero attached hydrogens (tertiary/aromatic N) is 6. The largest absolute Gasteiger partial charge is 0.332 e. The Labute approximate surface area is 188 Å². The molecule has 0 radical (unpaired) electrons. The van der Waals surface area contributed by atoms with Crippen molar-refractivity contribution < 1.29 is 21.2 Å². The van der Waals surface area contributed by atoms with Crippen molar-refractivity contribution in [3.8, 4) is 0 Å². The Hall–Kier alpha value is -2.88. The molecule has 33 heavy (non-hydrogen) atoms. The highest BCUT2D eigenvalue weighted by molar-refractivity contribution is 7.89. The predicted molar refractivity (Wildman–Crippen MR) is 115 cm³/mol. The topological polar surface area (TPSA) is 137 Å². The van der Waals surface area contributed by atoms with E-state index in [1.54, 1.807) is 0 Å². The molecule has 0 bridgehead atoms. The fourth-order valence-corrected chi connectivity index (χ4v) is 6.69. The van der Waals surface area contributed by atoms with Crippen molar-refractivity contribution >= 4 is 31.2 Å². The number of benzene rings is 1. The van der Waals surface area contributed by atoms with Crippen LogP contribution in [-0.4, -0.2) is 70.3 Å². The second-order valence-electron chi connectivity index (χ2n) is 7.59.